The lowest BCUT2D eigenvalue weighted by Crippen LogP contribution is -2.59. The maximum atomic E-state index is 14.0. The predicted molar refractivity (Wildman–Crippen MR) is 140 cm³/mol. The van der Waals surface area contributed by atoms with Gasteiger partial charge in [0, 0.05) is 18.7 Å². The Bertz CT molecular complexity index is 742. The first-order valence-electron chi connectivity index (χ1n) is 13.8. The number of hydrogen-bond acceptors (Lipinski definition) is 5. The monoisotopic (exact) mass is 491 g/mol. The van der Waals surface area contributed by atoms with Gasteiger partial charge in [-0.3, -0.25) is 14.5 Å². The minimum atomic E-state index is -0.540. The lowest BCUT2D eigenvalue weighted by molar-refractivity contribution is -0.141. The van der Waals surface area contributed by atoms with Gasteiger partial charge in [-0.25, -0.2) is 4.79 Å². The van der Waals surface area contributed by atoms with Crippen LogP contribution in [0.2, 0.25) is 0 Å². The Kier molecular flexibility index (Phi) is 11.7. The second-order valence-corrected chi connectivity index (χ2v) is 11.0. The first kappa shape index (κ1) is 29.3. The van der Waals surface area contributed by atoms with Crippen LogP contribution in [0.15, 0.2) is 11.6 Å². The van der Waals surface area contributed by atoms with Crippen LogP contribution in [-0.2, 0) is 19.1 Å². The molecule has 1 heterocycles. The number of hydrogen-bond donors (Lipinski definition) is 1. The van der Waals surface area contributed by atoms with Gasteiger partial charge in [0.15, 0.2) is 0 Å². The van der Waals surface area contributed by atoms with E-state index in [0.29, 0.717) is 18.2 Å². The van der Waals surface area contributed by atoms with Crippen LogP contribution in [-0.4, -0.2) is 72.0 Å². The molecule has 2 amide bonds. The molecule has 1 aliphatic heterocycles. The molecule has 200 valence electrons. The Labute approximate surface area is 213 Å². The summed E-state index contributed by atoms with van der Waals surface area (Å²) in [7, 11) is 1.80. The Hall–Kier alpha value is -1.89. The van der Waals surface area contributed by atoms with E-state index in [9.17, 15) is 14.4 Å². The fourth-order valence-electron chi connectivity index (χ4n) is 5.64. The number of nitrogens with zero attached hydrogens (tertiary/aromatic N) is 2. The molecule has 7 heteroatoms. The SMILES string of the molecule is CCOC(=O)/C(C)=C/[C@H](C(C)C)N(C)C(=O)[C@@H](NC(=O)[C@H]1CCCCN1C(C)C)C1CCCCC1. The van der Waals surface area contributed by atoms with Gasteiger partial charge in [-0.2, -0.15) is 0 Å². The molecule has 2 aliphatic rings. The molecule has 2 rings (SSSR count). The maximum Gasteiger partial charge on any atom is 0.333 e. The number of amides is 2. The number of carbonyl (C=O) groups excluding carboxylic acids is 3. The van der Waals surface area contributed by atoms with Crippen LogP contribution in [0.3, 0.4) is 0 Å². The third-order valence-electron chi connectivity index (χ3n) is 7.69. The summed E-state index contributed by atoms with van der Waals surface area (Å²) >= 11 is 0. The molecular weight excluding hydrogens is 442 g/mol. The maximum absolute atomic E-state index is 14.0. The molecule has 0 aromatic heterocycles. The second kappa shape index (κ2) is 14.0. The molecule has 3 atom stereocenters. The van der Waals surface area contributed by atoms with Crippen LogP contribution in [0.4, 0.5) is 0 Å². The van der Waals surface area contributed by atoms with Crippen molar-refractivity contribution >= 4 is 17.8 Å². The molecule has 1 saturated carbocycles. The van der Waals surface area contributed by atoms with Crippen LogP contribution in [0.1, 0.15) is 92.9 Å². The van der Waals surface area contributed by atoms with E-state index in [2.05, 4.69) is 24.1 Å². The zero-order chi connectivity index (χ0) is 26.1. The highest BCUT2D eigenvalue weighted by Gasteiger charge is 2.38. The Morgan fingerprint density at radius 2 is 1.66 bits per heavy atom. The Morgan fingerprint density at radius 3 is 2.23 bits per heavy atom. The van der Waals surface area contributed by atoms with Crippen molar-refractivity contribution in [3.05, 3.63) is 11.6 Å². The van der Waals surface area contributed by atoms with Gasteiger partial charge in [-0.1, -0.05) is 45.6 Å². The summed E-state index contributed by atoms with van der Waals surface area (Å²) in [5.74, 6) is -0.200. The van der Waals surface area contributed by atoms with Gasteiger partial charge in [0.2, 0.25) is 11.8 Å². The van der Waals surface area contributed by atoms with Gasteiger partial charge < -0.3 is 15.0 Å². The van der Waals surface area contributed by atoms with Gasteiger partial charge in [-0.05, 0) is 71.8 Å². The number of ether oxygens (including phenoxy) is 1. The molecule has 0 aromatic carbocycles. The van der Waals surface area contributed by atoms with E-state index in [-0.39, 0.29) is 41.7 Å². The van der Waals surface area contributed by atoms with E-state index >= 15 is 0 Å². The van der Waals surface area contributed by atoms with Gasteiger partial charge in [0.25, 0.3) is 0 Å². The summed E-state index contributed by atoms with van der Waals surface area (Å²) in [5, 5.41) is 3.23. The lowest BCUT2D eigenvalue weighted by Gasteiger charge is -2.40. The van der Waals surface area contributed by atoms with Crippen LogP contribution in [0, 0.1) is 11.8 Å². The topological polar surface area (TPSA) is 79.0 Å². The zero-order valence-corrected chi connectivity index (χ0v) is 23.1. The molecule has 0 unspecified atom stereocenters. The second-order valence-electron chi connectivity index (χ2n) is 11.0. The third kappa shape index (κ3) is 8.06. The number of likely N-dealkylation sites (N-methyl/N-ethyl adjacent to an activating group) is 1. The van der Waals surface area contributed by atoms with Crippen LogP contribution < -0.4 is 5.32 Å². The van der Waals surface area contributed by atoms with E-state index in [1.807, 2.05) is 19.9 Å². The standard InChI is InChI=1S/C28H49N3O4/c1-8-35-28(34)21(6)18-24(19(2)3)30(7)27(33)25(22-14-10-9-11-15-22)29-26(32)23-16-12-13-17-31(23)20(4)5/h18-20,22-25H,8-17H2,1-7H3,(H,29,32)/b21-18+/t23-,24-,25+/m1/s1. The first-order valence-corrected chi connectivity index (χ1v) is 13.8. The van der Waals surface area contributed by atoms with Crippen molar-refractivity contribution in [3.63, 3.8) is 0 Å². The Morgan fingerprint density at radius 1 is 1.03 bits per heavy atom. The quantitative estimate of drug-likeness (QED) is 0.364. The van der Waals surface area contributed by atoms with Gasteiger partial charge in [0.05, 0.1) is 18.7 Å². The normalized spacial score (nSPS) is 22.1. The van der Waals surface area contributed by atoms with Crippen molar-refractivity contribution in [1.82, 2.24) is 15.1 Å². The predicted octanol–water partition coefficient (Wildman–Crippen LogP) is 4.31. The molecule has 1 saturated heterocycles. The average molecular weight is 492 g/mol. The first-order chi connectivity index (χ1) is 16.6. The fourth-order valence-corrected chi connectivity index (χ4v) is 5.64. The van der Waals surface area contributed by atoms with Crippen molar-refractivity contribution in [3.8, 4) is 0 Å². The van der Waals surface area contributed by atoms with Crippen molar-refractivity contribution in [2.75, 3.05) is 20.2 Å². The number of piperidine rings is 1. The third-order valence-corrected chi connectivity index (χ3v) is 7.69. The van der Waals surface area contributed by atoms with Crippen molar-refractivity contribution < 1.29 is 19.1 Å². The molecule has 2 fully saturated rings. The molecule has 1 N–H and O–H groups in total. The summed E-state index contributed by atoms with van der Waals surface area (Å²) in [6, 6.07) is -0.698. The highest BCUT2D eigenvalue weighted by Crippen LogP contribution is 2.29. The average Bonchev–Trinajstić information content (AvgIpc) is 2.85. The van der Waals surface area contributed by atoms with Crippen LogP contribution >= 0.6 is 0 Å². The molecular formula is C28H49N3O4. The zero-order valence-electron chi connectivity index (χ0n) is 23.1. The van der Waals surface area contributed by atoms with E-state index in [1.54, 1.807) is 25.8 Å². The molecule has 35 heavy (non-hydrogen) atoms. The number of esters is 1. The molecule has 7 nitrogen and oxygen atoms in total. The Balaban J connectivity index is 2.28. The lowest BCUT2D eigenvalue weighted by atomic mass is 9.82. The summed E-state index contributed by atoms with van der Waals surface area (Å²) in [6.07, 6.45) is 10.1. The fraction of sp³-hybridized carbons (Fsp3) is 0.821. The largest absolute Gasteiger partial charge is 0.463 e. The van der Waals surface area contributed by atoms with Crippen molar-refractivity contribution in [2.24, 2.45) is 11.8 Å². The van der Waals surface area contributed by atoms with Crippen molar-refractivity contribution in [2.45, 2.75) is 117 Å². The number of carbonyl (C=O) groups is 3. The van der Waals surface area contributed by atoms with Crippen LogP contribution in [0.25, 0.3) is 0 Å². The van der Waals surface area contributed by atoms with Crippen LogP contribution in [0.5, 0.6) is 0 Å². The molecule has 1 aliphatic carbocycles. The minimum Gasteiger partial charge on any atom is -0.463 e. The minimum absolute atomic E-state index is 0.0185. The molecule has 0 spiro atoms. The van der Waals surface area contributed by atoms with E-state index in [4.69, 9.17) is 4.74 Å². The highest BCUT2D eigenvalue weighted by molar-refractivity contribution is 5.91. The number of rotatable bonds is 10. The summed E-state index contributed by atoms with van der Waals surface area (Å²) in [5.41, 5.74) is 0.498. The highest BCUT2D eigenvalue weighted by atomic mass is 16.5. The molecule has 0 bridgehead atoms. The van der Waals surface area contributed by atoms with E-state index in [1.165, 1.54) is 6.42 Å². The van der Waals surface area contributed by atoms with Crippen molar-refractivity contribution in [1.29, 1.82) is 0 Å². The van der Waals surface area contributed by atoms with Gasteiger partial charge in [0.1, 0.15) is 6.04 Å². The number of likely N-dealkylation sites (tertiary alicyclic amines) is 1. The molecule has 0 aromatic rings. The number of nitrogens with one attached hydrogen (secondary N) is 1. The van der Waals surface area contributed by atoms with Gasteiger partial charge >= 0.3 is 5.97 Å². The summed E-state index contributed by atoms with van der Waals surface area (Å²) < 4.78 is 5.14. The van der Waals surface area contributed by atoms with E-state index in [0.717, 1.165) is 51.5 Å². The summed E-state index contributed by atoms with van der Waals surface area (Å²) in [4.78, 5) is 43.7. The smallest absolute Gasteiger partial charge is 0.333 e. The van der Waals surface area contributed by atoms with E-state index < -0.39 is 6.04 Å². The van der Waals surface area contributed by atoms with Gasteiger partial charge in [-0.15, -0.1) is 0 Å². The summed E-state index contributed by atoms with van der Waals surface area (Å²) in [6.45, 7) is 13.1. The molecule has 0 radical (unpaired) electrons.